The summed E-state index contributed by atoms with van der Waals surface area (Å²) >= 11 is 0. The molecule has 3 heterocycles. The molecule has 8 nitrogen and oxygen atoms in total. The second-order valence-corrected chi connectivity index (χ2v) is 10.0. The molecular formula is C29H36N6O2. The second kappa shape index (κ2) is 11.6. The zero-order valence-electron chi connectivity index (χ0n) is 21.4. The van der Waals surface area contributed by atoms with E-state index in [4.69, 9.17) is 15.7 Å². The number of nitriles is 1. The predicted molar refractivity (Wildman–Crippen MR) is 147 cm³/mol. The first-order valence-electron chi connectivity index (χ1n) is 13.4. The van der Waals surface area contributed by atoms with Gasteiger partial charge in [-0.3, -0.25) is 4.90 Å². The zero-order valence-corrected chi connectivity index (χ0v) is 21.4. The van der Waals surface area contributed by atoms with E-state index in [0.29, 0.717) is 17.9 Å². The van der Waals surface area contributed by atoms with Crippen molar-refractivity contribution >= 4 is 28.4 Å². The number of amides is 2. The van der Waals surface area contributed by atoms with E-state index >= 15 is 0 Å². The Balaban J connectivity index is 1.14. The lowest BCUT2D eigenvalue weighted by Crippen LogP contribution is -2.37. The van der Waals surface area contributed by atoms with Gasteiger partial charge in [0.05, 0.1) is 23.9 Å². The molecule has 1 aromatic heterocycles. The van der Waals surface area contributed by atoms with Gasteiger partial charge in [0.15, 0.2) is 0 Å². The minimum Gasteiger partial charge on any atom is -0.491 e. The molecule has 2 aliphatic rings. The number of carbonyl (C=O) groups is 1. The number of unbranched alkanes of at least 4 members (excludes halogenated alkanes) is 1. The Morgan fingerprint density at radius 1 is 1.08 bits per heavy atom. The lowest BCUT2D eigenvalue weighted by molar-refractivity contribution is 0.253. The average molecular weight is 501 g/mol. The van der Waals surface area contributed by atoms with Crippen molar-refractivity contribution in [3.8, 4) is 11.8 Å². The third kappa shape index (κ3) is 5.83. The number of aryl methyl sites for hydroxylation is 1. The molecule has 5 rings (SSSR count). The van der Waals surface area contributed by atoms with Gasteiger partial charge in [-0.25, -0.2) is 4.79 Å². The van der Waals surface area contributed by atoms with Gasteiger partial charge in [0.2, 0.25) is 0 Å². The highest BCUT2D eigenvalue weighted by Gasteiger charge is 2.21. The number of para-hydroxylation sites is 1. The van der Waals surface area contributed by atoms with Gasteiger partial charge >= 0.3 is 6.03 Å². The maximum absolute atomic E-state index is 12.2. The number of carbonyl (C=O) groups excluding carboxylic acids is 1. The Kier molecular flexibility index (Phi) is 7.81. The van der Waals surface area contributed by atoms with Crippen LogP contribution >= 0.6 is 0 Å². The maximum Gasteiger partial charge on any atom is 0.320 e. The quantitative estimate of drug-likeness (QED) is 0.461. The number of hydrogen-bond donors (Lipinski definition) is 2. The van der Waals surface area contributed by atoms with Crippen LogP contribution in [-0.2, 0) is 6.42 Å². The van der Waals surface area contributed by atoms with Gasteiger partial charge < -0.3 is 25.3 Å². The molecule has 2 aromatic carbocycles. The topological polar surface area (TPSA) is 102 Å². The number of H-pyrrole nitrogens is 1. The first kappa shape index (κ1) is 25.0. The van der Waals surface area contributed by atoms with Crippen LogP contribution in [0.1, 0.15) is 43.2 Å². The molecule has 2 amide bonds. The van der Waals surface area contributed by atoms with Crippen LogP contribution in [0.15, 0.2) is 42.5 Å². The van der Waals surface area contributed by atoms with Crippen LogP contribution in [0.5, 0.6) is 5.75 Å². The predicted octanol–water partition coefficient (Wildman–Crippen LogP) is 4.63. The molecule has 3 N–H and O–H groups in total. The van der Waals surface area contributed by atoms with Crippen LogP contribution in [0.4, 0.5) is 16.3 Å². The summed E-state index contributed by atoms with van der Waals surface area (Å²) in [4.78, 5) is 22.0. The standard InChI is InChI=1S/C29H36N6O2/c30-21-22-10-11-24-20-27(32-25(24)19-22)35(29(31)36)15-3-2-12-33-13-6-14-34(17-16-33)26-9-5-8-23-7-1-4-18-37-28(23)26/h5,8-11,19-20,32H,1-4,6-7,12-18H2,(H2,31,36). The summed E-state index contributed by atoms with van der Waals surface area (Å²) in [5, 5.41) is 10.1. The van der Waals surface area contributed by atoms with Crippen LogP contribution in [0.2, 0.25) is 0 Å². The van der Waals surface area contributed by atoms with Gasteiger partial charge in [-0.1, -0.05) is 18.2 Å². The Morgan fingerprint density at radius 2 is 2.00 bits per heavy atom. The molecule has 37 heavy (non-hydrogen) atoms. The number of ether oxygens (including phenoxy) is 1. The number of nitrogens with two attached hydrogens (primary N) is 1. The lowest BCUT2D eigenvalue weighted by atomic mass is 10.1. The number of primary amides is 1. The lowest BCUT2D eigenvalue weighted by Gasteiger charge is -2.26. The number of nitrogens with one attached hydrogen (secondary N) is 1. The number of fused-ring (bicyclic) bond motifs is 2. The fraction of sp³-hybridized carbons (Fsp3) is 0.448. The van der Waals surface area contributed by atoms with Crippen molar-refractivity contribution < 1.29 is 9.53 Å². The SMILES string of the molecule is N#Cc1ccc2cc(N(CCCCN3CCCN(c4cccc5c4OCCCC5)CC3)C(N)=O)[nH]c2c1. The average Bonchev–Trinajstić information content (AvgIpc) is 3.04. The normalized spacial score (nSPS) is 16.4. The number of benzene rings is 2. The minimum atomic E-state index is -0.471. The molecule has 0 unspecified atom stereocenters. The summed E-state index contributed by atoms with van der Waals surface area (Å²) in [5.41, 5.74) is 9.71. The molecule has 0 saturated carbocycles. The van der Waals surface area contributed by atoms with Gasteiger partial charge in [-0.15, -0.1) is 0 Å². The molecule has 1 fully saturated rings. The first-order chi connectivity index (χ1) is 18.1. The monoisotopic (exact) mass is 500 g/mol. The van der Waals surface area contributed by atoms with Crippen LogP contribution in [0.25, 0.3) is 10.9 Å². The number of anilines is 2. The smallest absolute Gasteiger partial charge is 0.320 e. The number of nitrogens with zero attached hydrogens (tertiary/aromatic N) is 4. The highest BCUT2D eigenvalue weighted by molar-refractivity contribution is 5.94. The van der Waals surface area contributed by atoms with Crippen molar-refractivity contribution in [1.82, 2.24) is 9.88 Å². The van der Waals surface area contributed by atoms with Crippen molar-refractivity contribution in [3.05, 3.63) is 53.6 Å². The Morgan fingerprint density at radius 3 is 2.86 bits per heavy atom. The van der Waals surface area contributed by atoms with Crippen molar-refractivity contribution in [1.29, 1.82) is 5.26 Å². The first-order valence-corrected chi connectivity index (χ1v) is 13.4. The summed E-state index contributed by atoms with van der Waals surface area (Å²) in [6.45, 7) is 6.50. The largest absolute Gasteiger partial charge is 0.491 e. The second-order valence-electron chi connectivity index (χ2n) is 10.0. The van der Waals surface area contributed by atoms with Crippen molar-refractivity contribution in [2.45, 2.75) is 38.5 Å². The van der Waals surface area contributed by atoms with Gasteiger partial charge in [0.25, 0.3) is 0 Å². The third-order valence-corrected chi connectivity index (χ3v) is 7.49. The molecule has 0 bridgehead atoms. The molecule has 194 valence electrons. The van der Waals surface area contributed by atoms with Crippen molar-refractivity contribution in [3.63, 3.8) is 0 Å². The van der Waals surface area contributed by atoms with Gasteiger partial charge in [0.1, 0.15) is 11.6 Å². The summed E-state index contributed by atoms with van der Waals surface area (Å²) in [5.74, 6) is 1.77. The van der Waals surface area contributed by atoms with Crippen molar-refractivity contribution in [2.75, 3.05) is 55.7 Å². The summed E-state index contributed by atoms with van der Waals surface area (Å²) in [6, 6.07) is 15.6. The molecule has 0 spiro atoms. The number of hydrogen-bond acceptors (Lipinski definition) is 5. The molecule has 1 saturated heterocycles. The third-order valence-electron chi connectivity index (χ3n) is 7.49. The van der Waals surface area contributed by atoms with E-state index in [2.05, 4.69) is 39.1 Å². The summed E-state index contributed by atoms with van der Waals surface area (Å²) in [7, 11) is 0. The van der Waals surface area contributed by atoms with Gasteiger partial charge in [0, 0.05) is 37.1 Å². The Labute approximate surface area is 218 Å². The fourth-order valence-corrected chi connectivity index (χ4v) is 5.49. The van der Waals surface area contributed by atoms with Gasteiger partial charge in [-0.2, -0.15) is 5.26 Å². The highest BCUT2D eigenvalue weighted by atomic mass is 16.5. The van der Waals surface area contributed by atoms with E-state index in [9.17, 15) is 4.79 Å². The minimum absolute atomic E-state index is 0.471. The van der Waals surface area contributed by atoms with E-state index in [1.54, 1.807) is 17.0 Å². The van der Waals surface area contributed by atoms with E-state index < -0.39 is 6.03 Å². The van der Waals surface area contributed by atoms with Crippen molar-refractivity contribution in [2.24, 2.45) is 5.73 Å². The molecule has 0 atom stereocenters. The van der Waals surface area contributed by atoms with Gasteiger partial charge in [-0.05, 0) is 81.4 Å². The molecular weight excluding hydrogens is 464 g/mol. The molecule has 3 aromatic rings. The van der Waals surface area contributed by atoms with E-state index in [1.807, 2.05) is 12.1 Å². The molecule has 0 radical (unpaired) electrons. The number of aromatic nitrogens is 1. The fourth-order valence-electron chi connectivity index (χ4n) is 5.49. The van der Waals surface area contributed by atoms with E-state index in [1.165, 1.54) is 17.7 Å². The number of rotatable bonds is 7. The van der Waals surface area contributed by atoms with Crippen LogP contribution in [-0.4, -0.2) is 61.8 Å². The molecule has 8 heteroatoms. The molecule has 2 aliphatic heterocycles. The zero-order chi connectivity index (χ0) is 25.6. The maximum atomic E-state index is 12.2. The Hall–Kier alpha value is -3.70. The van der Waals surface area contributed by atoms with Crippen LogP contribution < -0.4 is 20.3 Å². The summed E-state index contributed by atoms with van der Waals surface area (Å²) < 4.78 is 6.17. The Bertz CT molecular complexity index is 1280. The number of aromatic amines is 1. The van der Waals surface area contributed by atoms with Crippen LogP contribution in [0, 0.1) is 11.3 Å². The molecule has 0 aliphatic carbocycles. The highest BCUT2D eigenvalue weighted by Crippen LogP contribution is 2.35. The van der Waals surface area contributed by atoms with Crippen LogP contribution in [0.3, 0.4) is 0 Å². The summed E-state index contributed by atoms with van der Waals surface area (Å²) in [6.07, 6.45) is 6.40. The van der Waals surface area contributed by atoms with E-state index in [-0.39, 0.29) is 0 Å². The van der Waals surface area contributed by atoms with E-state index in [0.717, 1.165) is 88.1 Å². The number of urea groups is 1.